The van der Waals surface area contributed by atoms with E-state index in [1.165, 1.54) is 12.5 Å². The van der Waals surface area contributed by atoms with Crippen LogP contribution >= 0.6 is 11.6 Å². The summed E-state index contributed by atoms with van der Waals surface area (Å²) in [5, 5.41) is 0.789. The SMILES string of the molecule is [C-]#[N+]C[C@H]1CN(c2nc(OC[C@@H]3CCCN3C)nc3c2CCN(c2cccc(Cl)c2CC)C3)CCN1C(=O)C=C. The molecule has 1 aromatic heterocycles. The van der Waals surface area contributed by atoms with Crippen molar-refractivity contribution in [2.75, 3.05) is 62.7 Å². The van der Waals surface area contributed by atoms with Crippen LogP contribution in [0.3, 0.4) is 0 Å². The van der Waals surface area contributed by atoms with E-state index in [9.17, 15) is 4.79 Å². The Labute approximate surface area is 242 Å². The Morgan fingerprint density at radius 2 is 2.08 bits per heavy atom. The number of halogens is 1. The molecule has 9 nitrogen and oxygen atoms in total. The first-order valence-corrected chi connectivity index (χ1v) is 14.6. The number of fused-ring (bicyclic) bond motifs is 1. The molecule has 3 aliphatic heterocycles. The quantitative estimate of drug-likeness (QED) is 0.357. The molecule has 0 unspecified atom stereocenters. The van der Waals surface area contributed by atoms with E-state index in [1.807, 2.05) is 12.1 Å². The molecule has 0 aliphatic carbocycles. The van der Waals surface area contributed by atoms with Gasteiger partial charge in [0.25, 0.3) is 0 Å². The van der Waals surface area contributed by atoms with Crippen LogP contribution in [-0.2, 0) is 24.2 Å². The fourth-order valence-corrected chi connectivity index (χ4v) is 6.49. The first-order chi connectivity index (χ1) is 19.4. The van der Waals surface area contributed by atoms with E-state index in [-0.39, 0.29) is 18.5 Å². The van der Waals surface area contributed by atoms with Crippen LogP contribution in [-0.4, -0.2) is 90.7 Å². The van der Waals surface area contributed by atoms with Gasteiger partial charge in [0.2, 0.25) is 12.5 Å². The minimum Gasteiger partial charge on any atom is -0.462 e. The maximum absolute atomic E-state index is 12.5. The van der Waals surface area contributed by atoms with E-state index in [2.05, 4.69) is 46.2 Å². The molecule has 10 heteroatoms. The highest BCUT2D eigenvalue weighted by Crippen LogP contribution is 2.35. The molecule has 40 heavy (non-hydrogen) atoms. The average molecular weight is 564 g/mol. The van der Waals surface area contributed by atoms with Crippen LogP contribution in [0.1, 0.15) is 36.6 Å². The zero-order valence-corrected chi connectivity index (χ0v) is 24.2. The fraction of sp³-hybridized carbons (Fsp3) is 0.533. The third-order valence-corrected chi connectivity index (χ3v) is 8.78. The summed E-state index contributed by atoms with van der Waals surface area (Å²) < 4.78 is 6.26. The highest BCUT2D eigenvalue weighted by Gasteiger charge is 2.35. The Morgan fingerprint density at radius 1 is 1.23 bits per heavy atom. The predicted octanol–water partition coefficient (Wildman–Crippen LogP) is 3.85. The largest absolute Gasteiger partial charge is 0.462 e. The Hall–Kier alpha value is -3.35. The number of nitrogens with zero attached hydrogens (tertiary/aromatic N) is 7. The second-order valence-electron chi connectivity index (χ2n) is 10.8. The van der Waals surface area contributed by atoms with E-state index in [0.29, 0.717) is 44.8 Å². The van der Waals surface area contributed by atoms with Gasteiger partial charge in [0.1, 0.15) is 18.5 Å². The second kappa shape index (κ2) is 12.4. The number of anilines is 2. The molecule has 5 rings (SSSR count). The Balaban J connectivity index is 1.47. The summed E-state index contributed by atoms with van der Waals surface area (Å²) in [7, 11) is 2.13. The summed E-state index contributed by atoms with van der Waals surface area (Å²) in [5.74, 6) is 0.730. The number of piperazine rings is 1. The zero-order chi connectivity index (χ0) is 28.2. The maximum atomic E-state index is 12.5. The minimum atomic E-state index is -0.225. The first kappa shape index (κ1) is 28.2. The van der Waals surface area contributed by atoms with Crippen molar-refractivity contribution in [1.82, 2.24) is 19.8 Å². The van der Waals surface area contributed by atoms with Crippen LogP contribution in [0.25, 0.3) is 4.85 Å². The Kier molecular flexibility index (Phi) is 8.77. The normalized spacial score (nSPS) is 21.2. The smallest absolute Gasteiger partial charge is 0.318 e. The number of hydrogen-bond acceptors (Lipinski definition) is 7. The van der Waals surface area contributed by atoms with Crippen molar-refractivity contribution < 1.29 is 9.53 Å². The number of amides is 1. The van der Waals surface area contributed by atoms with Gasteiger partial charge in [-0.05, 0) is 63.0 Å². The third-order valence-electron chi connectivity index (χ3n) is 8.43. The van der Waals surface area contributed by atoms with Gasteiger partial charge in [-0.15, -0.1) is 0 Å². The molecule has 212 valence electrons. The molecule has 2 aromatic rings. The number of likely N-dealkylation sites (N-methyl/N-ethyl adjacent to an activating group) is 1. The summed E-state index contributed by atoms with van der Waals surface area (Å²) in [5.41, 5.74) is 4.36. The first-order valence-electron chi connectivity index (χ1n) is 14.2. The molecular formula is C30H38ClN7O2. The molecule has 0 radical (unpaired) electrons. The van der Waals surface area contributed by atoms with Gasteiger partial charge < -0.3 is 29.2 Å². The Bertz CT molecular complexity index is 1300. The lowest BCUT2D eigenvalue weighted by Gasteiger charge is -2.41. The molecular weight excluding hydrogens is 526 g/mol. The number of benzene rings is 1. The molecule has 4 heterocycles. The van der Waals surface area contributed by atoms with E-state index < -0.39 is 0 Å². The molecule has 3 aliphatic rings. The van der Waals surface area contributed by atoms with Crippen LogP contribution in [0.4, 0.5) is 11.5 Å². The minimum absolute atomic E-state index is 0.133. The number of carbonyl (C=O) groups excluding carboxylic acids is 1. The van der Waals surface area contributed by atoms with Gasteiger partial charge in [-0.2, -0.15) is 9.97 Å². The topological polar surface area (TPSA) is 69.4 Å². The van der Waals surface area contributed by atoms with Crippen molar-refractivity contribution in [2.24, 2.45) is 0 Å². The van der Waals surface area contributed by atoms with E-state index in [0.717, 1.165) is 65.7 Å². The Morgan fingerprint density at radius 3 is 2.80 bits per heavy atom. The standard InChI is InChI=1S/C30H38ClN7O2/c1-5-23-25(31)10-7-11-27(23)36-14-12-24-26(19-36)33-30(40-20-21-9-8-13-35(21)4)34-29(24)37-15-16-38(28(39)6-2)22(18-37)17-32-3/h6-7,10-11,21-22H,2,5,8-9,12-20H2,1,4H3/t21-,22-/m0/s1. The summed E-state index contributed by atoms with van der Waals surface area (Å²) in [6.07, 6.45) is 5.25. The van der Waals surface area contributed by atoms with Gasteiger partial charge in [-0.1, -0.05) is 31.2 Å². The summed E-state index contributed by atoms with van der Waals surface area (Å²) in [4.78, 5) is 34.7. The molecule has 0 saturated carbocycles. The molecule has 2 atom stereocenters. The van der Waals surface area contributed by atoms with Crippen LogP contribution in [0.5, 0.6) is 6.01 Å². The molecule has 1 amide bonds. The van der Waals surface area contributed by atoms with Gasteiger partial charge >= 0.3 is 6.01 Å². The molecule has 0 spiro atoms. The maximum Gasteiger partial charge on any atom is 0.318 e. The molecule has 0 N–H and O–H groups in total. The van der Waals surface area contributed by atoms with E-state index in [4.69, 9.17) is 32.9 Å². The van der Waals surface area contributed by atoms with Crippen LogP contribution in [0, 0.1) is 6.57 Å². The molecule has 0 bridgehead atoms. The van der Waals surface area contributed by atoms with Crippen molar-refractivity contribution in [3.8, 4) is 6.01 Å². The molecule has 2 saturated heterocycles. The van der Waals surface area contributed by atoms with Gasteiger partial charge in [0, 0.05) is 48.5 Å². The van der Waals surface area contributed by atoms with Gasteiger partial charge in [0.15, 0.2) is 0 Å². The second-order valence-corrected chi connectivity index (χ2v) is 11.2. The third kappa shape index (κ3) is 5.74. The average Bonchev–Trinajstić information content (AvgIpc) is 3.39. The van der Waals surface area contributed by atoms with E-state index in [1.54, 1.807) is 4.90 Å². The fourth-order valence-electron chi connectivity index (χ4n) is 6.19. The predicted molar refractivity (Wildman–Crippen MR) is 158 cm³/mol. The van der Waals surface area contributed by atoms with Crippen LogP contribution in [0.2, 0.25) is 5.02 Å². The number of rotatable bonds is 8. The molecule has 2 fully saturated rings. The zero-order valence-electron chi connectivity index (χ0n) is 23.5. The number of aromatic nitrogens is 2. The number of likely N-dealkylation sites (tertiary alicyclic amines) is 1. The summed E-state index contributed by atoms with van der Waals surface area (Å²) in [6.45, 7) is 18.3. The van der Waals surface area contributed by atoms with Gasteiger partial charge in [-0.3, -0.25) is 4.79 Å². The summed E-state index contributed by atoms with van der Waals surface area (Å²) in [6, 6.07) is 6.61. The van der Waals surface area contributed by atoms with Crippen molar-refractivity contribution in [1.29, 1.82) is 0 Å². The lowest BCUT2D eigenvalue weighted by Crippen LogP contribution is -2.56. The number of carbonyl (C=O) groups is 1. The molecule has 1 aromatic carbocycles. The van der Waals surface area contributed by atoms with Crippen LogP contribution < -0.4 is 14.5 Å². The monoisotopic (exact) mass is 563 g/mol. The lowest BCUT2D eigenvalue weighted by atomic mass is 10.0. The van der Waals surface area contributed by atoms with Crippen molar-refractivity contribution in [3.63, 3.8) is 0 Å². The van der Waals surface area contributed by atoms with Gasteiger partial charge in [0.05, 0.1) is 12.2 Å². The number of hydrogen-bond donors (Lipinski definition) is 0. The number of ether oxygens (including phenoxy) is 1. The van der Waals surface area contributed by atoms with Crippen molar-refractivity contribution in [3.05, 3.63) is 64.1 Å². The lowest BCUT2D eigenvalue weighted by molar-refractivity contribution is -0.128. The van der Waals surface area contributed by atoms with Crippen LogP contribution in [0.15, 0.2) is 30.9 Å². The van der Waals surface area contributed by atoms with Gasteiger partial charge in [-0.25, -0.2) is 6.57 Å². The highest BCUT2D eigenvalue weighted by atomic mass is 35.5. The van der Waals surface area contributed by atoms with E-state index >= 15 is 0 Å². The van der Waals surface area contributed by atoms with Crippen molar-refractivity contribution >= 4 is 29.0 Å². The summed E-state index contributed by atoms with van der Waals surface area (Å²) >= 11 is 6.56. The highest BCUT2D eigenvalue weighted by molar-refractivity contribution is 6.31. The van der Waals surface area contributed by atoms with Crippen molar-refractivity contribution in [2.45, 2.75) is 51.2 Å².